The lowest BCUT2D eigenvalue weighted by Crippen LogP contribution is -2.21. The third-order valence-corrected chi connectivity index (χ3v) is 3.30. The summed E-state index contributed by atoms with van der Waals surface area (Å²) < 4.78 is 23.6. The van der Waals surface area contributed by atoms with E-state index in [1.165, 1.54) is 18.2 Å². The van der Waals surface area contributed by atoms with Gasteiger partial charge in [-0.15, -0.1) is 5.10 Å². The molecule has 0 spiro atoms. The number of benzene rings is 2. The van der Waals surface area contributed by atoms with Crippen LogP contribution in [-0.2, 0) is 4.79 Å². The van der Waals surface area contributed by atoms with E-state index in [1.54, 1.807) is 25.3 Å². The van der Waals surface area contributed by atoms with Crippen LogP contribution in [0.5, 0.6) is 11.5 Å². The molecule has 0 atom stereocenters. The lowest BCUT2D eigenvalue weighted by atomic mass is 10.2. The molecule has 2 N–H and O–H groups in total. The van der Waals surface area contributed by atoms with Gasteiger partial charge in [-0.3, -0.25) is 15.2 Å². The molecule has 0 unspecified atom stereocenters. The zero-order valence-corrected chi connectivity index (χ0v) is 13.3. The van der Waals surface area contributed by atoms with Crippen molar-refractivity contribution in [2.75, 3.05) is 19.0 Å². The highest BCUT2D eigenvalue weighted by molar-refractivity contribution is 5.90. The van der Waals surface area contributed by atoms with Crippen LogP contribution in [0.3, 0.4) is 0 Å². The summed E-state index contributed by atoms with van der Waals surface area (Å²) >= 11 is 0. The van der Waals surface area contributed by atoms with Gasteiger partial charge in [-0.25, -0.2) is 4.39 Å². The van der Waals surface area contributed by atoms with Gasteiger partial charge >= 0.3 is 0 Å². The second-order valence-corrected chi connectivity index (χ2v) is 5.00. The smallest absolute Gasteiger partial charge is 0.264 e. The monoisotopic (exact) mass is 342 g/mol. The number of para-hydroxylation sites is 1. The zero-order chi connectivity index (χ0) is 17.6. The van der Waals surface area contributed by atoms with Crippen LogP contribution < -0.4 is 14.8 Å². The van der Waals surface area contributed by atoms with Crippen LogP contribution in [0.15, 0.2) is 48.5 Å². The number of anilines is 1. The van der Waals surface area contributed by atoms with Gasteiger partial charge in [-0.05, 0) is 36.4 Å². The Morgan fingerprint density at radius 3 is 2.68 bits per heavy atom. The zero-order valence-electron chi connectivity index (χ0n) is 13.3. The van der Waals surface area contributed by atoms with E-state index in [2.05, 4.69) is 20.5 Å². The molecule has 25 heavy (non-hydrogen) atoms. The molecular formula is C17H15FN4O3. The third kappa shape index (κ3) is 4.11. The fourth-order valence-corrected chi connectivity index (χ4v) is 2.06. The van der Waals surface area contributed by atoms with Crippen molar-refractivity contribution in [3.8, 4) is 22.9 Å². The Balaban J connectivity index is 1.59. The summed E-state index contributed by atoms with van der Waals surface area (Å²) in [6.07, 6.45) is 0. The standard InChI is InChI=1S/C17H15FN4O3/c1-24-12-8-6-11(7-9-12)16-20-17(22-21-16)19-15(23)10-25-14-5-3-2-4-13(14)18/h2-9H,10H2,1H3,(H2,19,20,21,22,23). The molecule has 0 aliphatic carbocycles. The molecule has 128 valence electrons. The topological polar surface area (TPSA) is 89.1 Å². The van der Waals surface area contributed by atoms with E-state index in [9.17, 15) is 9.18 Å². The lowest BCUT2D eigenvalue weighted by Gasteiger charge is -2.05. The van der Waals surface area contributed by atoms with Gasteiger partial charge in [0.05, 0.1) is 7.11 Å². The number of hydrogen-bond acceptors (Lipinski definition) is 5. The van der Waals surface area contributed by atoms with E-state index in [0.29, 0.717) is 5.82 Å². The Morgan fingerprint density at radius 2 is 1.96 bits per heavy atom. The molecular weight excluding hydrogens is 327 g/mol. The van der Waals surface area contributed by atoms with E-state index in [0.717, 1.165) is 11.3 Å². The van der Waals surface area contributed by atoms with Crippen molar-refractivity contribution < 1.29 is 18.7 Å². The van der Waals surface area contributed by atoms with Gasteiger partial charge in [-0.1, -0.05) is 12.1 Å². The fraction of sp³-hybridized carbons (Fsp3) is 0.118. The summed E-state index contributed by atoms with van der Waals surface area (Å²) in [7, 11) is 1.58. The largest absolute Gasteiger partial charge is 0.497 e. The maximum Gasteiger partial charge on any atom is 0.264 e. The number of carbonyl (C=O) groups is 1. The highest BCUT2D eigenvalue weighted by Crippen LogP contribution is 2.20. The predicted molar refractivity (Wildman–Crippen MR) is 88.9 cm³/mol. The molecule has 8 heteroatoms. The Morgan fingerprint density at radius 1 is 1.20 bits per heavy atom. The Hall–Kier alpha value is -3.42. The van der Waals surface area contributed by atoms with E-state index < -0.39 is 11.7 Å². The second kappa shape index (κ2) is 7.43. The van der Waals surface area contributed by atoms with Gasteiger partial charge in [0.2, 0.25) is 5.95 Å². The van der Waals surface area contributed by atoms with Crippen LogP contribution in [0.1, 0.15) is 0 Å². The minimum Gasteiger partial charge on any atom is -0.497 e. The van der Waals surface area contributed by atoms with E-state index >= 15 is 0 Å². The number of aromatic nitrogens is 3. The van der Waals surface area contributed by atoms with Gasteiger partial charge in [0, 0.05) is 5.56 Å². The maximum absolute atomic E-state index is 13.4. The average Bonchev–Trinajstić information content (AvgIpc) is 3.09. The first-order valence-corrected chi connectivity index (χ1v) is 7.39. The quantitative estimate of drug-likeness (QED) is 0.719. The van der Waals surface area contributed by atoms with Crippen LogP contribution in [0.2, 0.25) is 0 Å². The average molecular weight is 342 g/mol. The number of H-pyrrole nitrogens is 1. The van der Waals surface area contributed by atoms with Crippen molar-refractivity contribution in [1.29, 1.82) is 0 Å². The SMILES string of the molecule is COc1ccc(-c2nc(NC(=O)COc3ccccc3F)n[nH]2)cc1. The Bertz CT molecular complexity index is 864. The molecule has 0 saturated heterocycles. The minimum atomic E-state index is -0.532. The van der Waals surface area contributed by atoms with Gasteiger partial charge in [0.1, 0.15) is 5.75 Å². The molecule has 0 fully saturated rings. The van der Waals surface area contributed by atoms with Gasteiger partial charge in [0.25, 0.3) is 5.91 Å². The first-order chi connectivity index (χ1) is 12.2. The van der Waals surface area contributed by atoms with E-state index in [-0.39, 0.29) is 18.3 Å². The summed E-state index contributed by atoms with van der Waals surface area (Å²) in [5.41, 5.74) is 0.788. The highest BCUT2D eigenvalue weighted by atomic mass is 19.1. The lowest BCUT2D eigenvalue weighted by molar-refractivity contribution is -0.118. The number of nitrogens with zero attached hydrogens (tertiary/aromatic N) is 2. The normalized spacial score (nSPS) is 10.3. The van der Waals surface area contributed by atoms with E-state index in [4.69, 9.17) is 9.47 Å². The number of aromatic amines is 1. The van der Waals surface area contributed by atoms with Crippen molar-refractivity contribution in [3.63, 3.8) is 0 Å². The molecule has 1 amide bonds. The van der Waals surface area contributed by atoms with Crippen LogP contribution >= 0.6 is 0 Å². The van der Waals surface area contributed by atoms with Crippen LogP contribution in [-0.4, -0.2) is 34.8 Å². The molecule has 1 aromatic heterocycles. The number of hydrogen-bond donors (Lipinski definition) is 2. The van der Waals surface area contributed by atoms with Crippen molar-refractivity contribution in [2.45, 2.75) is 0 Å². The number of carbonyl (C=O) groups excluding carboxylic acids is 1. The first-order valence-electron chi connectivity index (χ1n) is 7.39. The molecule has 7 nitrogen and oxygen atoms in total. The van der Waals surface area contributed by atoms with Gasteiger partial charge in [0.15, 0.2) is 24.0 Å². The molecule has 0 bridgehead atoms. The molecule has 0 saturated carbocycles. The molecule has 2 aromatic carbocycles. The minimum absolute atomic E-state index is 0.00607. The number of ether oxygens (including phenoxy) is 2. The number of methoxy groups -OCH3 is 1. The molecule has 0 aliphatic rings. The number of rotatable bonds is 6. The van der Waals surface area contributed by atoms with Crippen molar-refractivity contribution in [3.05, 3.63) is 54.3 Å². The van der Waals surface area contributed by atoms with Crippen molar-refractivity contribution in [1.82, 2.24) is 15.2 Å². The van der Waals surface area contributed by atoms with E-state index in [1.807, 2.05) is 12.1 Å². The fourth-order valence-electron chi connectivity index (χ4n) is 2.06. The summed E-state index contributed by atoms with van der Waals surface area (Å²) in [5, 5.41) is 9.13. The second-order valence-electron chi connectivity index (χ2n) is 5.00. The summed E-state index contributed by atoms with van der Waals surface area (Å²) in [6, 6.07) is 13.1. The molecule has 3 aromatic rings. The molecule has 0 radical (unpaired) electrons. The third-order valence-electron chi connectivity index (χ3n) is 3.30. The van der Waals surface area contributed by atoms with Crippen LogP contribution in [0.25, 0.3) is 11.4 Å². The summed E-state index contributed by atoms with van der Waals surface area (Å²) in [4.78, 5) is 16.0. The predicted octanol–water partition coefficient (Wildman–Crippen LogP) is 2.64. The summed E-state index contributed by atoms with van der Waals surface area (Å²) in [6.45, 7) is -0.354. The number of halogens is 1. The summed E-state index contributed by atoms with van der Waals surface area (Å²) in [5.74, 6) is 0.299. The number of nitrogens with one attached hydrogen (secondary N) is 2. The van der Waals surface area contributed by atoms with Crippen molar-refractivity contribution >= 4 is 11.9 Å². The first kappa shape index (κ1) is 16.4. The maximum atomic E-state index is 13.4. The molecule has 1 heterocycles. The van der Waals surface area contributed by atoms with Gasteiger partial charge < -0.3 is 9.47 Å². The molecule has 3 rings (SSSR count). The molecule has 0 aliphatic heterocycles. The number of amides is 1. The highest BCUT2D eigenvalue weighted by Gasteiger charge is 2.11. The van der Waals surface area contributed by atoms with Gasteiger partial charge in [-0.2, -0.15) is 4.98 Å². The Labute approximate surface area is 142 Å². The van der Waals surface area contributed by atoms with Crippen LogP contribution in [0, 0.1) is 5.82 Å². The Kier molecular flexibility index (Phi) is 4.89. The van der Waals surface area contributed by atoms with Crippen molar-refractivity contribution in [2.24, 2.45) is 0 Å². The van der Waals surface area contributed by atoms with Crippen LogP contribution in [0.4, 0.5) is 10.3 Å².